The highest BCUT2D eigenvalue weighted by Gasteiger charge is 2.37. The average Bonchev–Trinajstić information content (AvgIpc) is 2.75. The molecule has 7 heteroatoms. The van der Waals surface area contributed by atoms with Gasteiger partial charge in [0.25, 0.3) is 5.91 Å². The maximum absolute atomic E-state index is 13.0. The van der Waals surface area contributed by atoms with Gasteiger partial charge >= 0.3 is 0 Å². The number of amides is 1. The fraction of sp³-hybridized carbons (Fsp3) is 0.667. The SMILES string of the molecule is O=C(c1cccc(S(=O)(=O)N2CCOCC2)c1)N1CCC2(CCCCC2)CC1. The zero-order chi connectivity index (χ0) is 19.6. The molecule has 1 spiro atoms. The van der Waals surface area contributed by atoms with Gasteiger partial charge in [0.2, 0.25) is 10.0 Å². The molecule has 3 fully saturated rings. The first-order valence-electron chi connectivity index (χ1n) is 10.5. The molecule has 0 atom stereocenters. The topological polar surface area (TPSA) is 66.9 Å². The molecular weight excluding hydrogens is 376 g/mol. The maximum Gasteiger partial charge on any atom is 0.253 e. The first-order chi connectivity index (χ1) is 13.5. The van der Waals surface area contributed by atoms with Crippen LogP contribution >= 0.6 is 0 Å². The van der Waals surface area contributed by atoms with Crippen LogP contribution in [0.5, 0.6) is 0 Å². The van der Waals surface area contributed by atoms with Crippen molar-refractivity contribution in [1.82, 2.24) is 9.21 Å². The Labute approximate surface area is 167 Å². The van der Waals surface area contributed by atoms with Crippen LogP contribution in [0.25, 0.3) is 0 Å². The summed E-state index contributed by atoms with van der Waals surface area (Å²) in [6, 6.07) is 6.52. The number of likely N-dealkylation sites (tertiary alicyclic amines) is 1. The highest BCUT2D eigenvalue weighted by Crippen LogP contribution is 2.44. The van der Waals surface area contributed by atoms with Crippen LogP contribution in [0, 0.1) is 5.41 Å². The zero-order valence-electron chi connectivity index (χ0n) is 16.4. The van der Waals surface area contributed by atoms with Crippen molar-refractivity contribution >= 4 is 15.9 Å². The van der Waals surface area contributed by atoms with Crippen molar-refractivity contribution in [2.75, 3.05) is 39.4 Å². The molecule has 28 heavy (non-hydrogen) atoms. The van der Waals surface area contributed by atoms with Crippen molar-refractivity contribution in [2.24, 2.45) is 5.41 Å². The average molecular weight is 407 g/mol. The molecule has 0 bridgehead atoms. The zero-order valence-corrected chi connectivity index (χ0v) is 17.3. The van der Waals surface area contributed by atoms with Gasteiger partial charge in [-0.1, -0.05) is 25.3 Å². The van der Waals surface area contributed by atoms with Crippen LogP contribution < -0.4 is 0 Å². The number of piperidine rings is 1. The molecule has 0 unspecified atom stereocenters. The summed E-state index contributed by atoms with van der Waals surface area (Å²) >= 11 is 0. The number of nitrogens with zero attached hydrogens (tertiary/aromatic N) is 2. The van der Waals surface area contributed by atoms with Crippen LogP contribution in [-0.4, -0.2) is 62.9 Å². The lowest BCUT2D eigenvalue weighted by molar-refractivity contribution is 0.0471. The van der Waals surface area contributed by atoms with Gasteiger partial charge in [-0.25, -0.2) is 8.42 Å². The molecule has 2 aliphatic heterocycles. The summed E-state index contributed by atoms with van der Waals surface area (Å²) < 4.78 is 32.5. The first-order valence-corrected chi connectivity index (χ1v) is 11.9. The Morgan fingerprint density at radius 3 is 2.29 bits per heavy atom. The smallest absolute Gasteiger partial charge is 0.253 e. The summed E-state index contributed by atoms with van der Waals surface area (Å²) in [5.74, 6) is -0.0512. The minimum Gasteiger partial charge on any atom is -0.379 e. The highest BCUT2D eigenvalue weighted by atomic mass is 32.2. The van der Waals surface area contributed by atoms with Gasteiger partial charge in [-0.05, 0) is 49.3 Å². The lowest BCUT2D eigenvalue weighted by Crippen LogP contribution is -2.44. The molecule has 0 aromatic heterocycles. The van der Waals surface area contributed by atoms with Crippen molar-refractivity contribution in [3.8, 4) is 0 Å². The summed E-state index contributed by atoms with van der Waals surface area (Å²) in [5.41, 5.74) is 0.908. The fourth-order valence-electron chi connectivity index (χ4n) is 4.89. The van der Waals surface area contributed by atoms with Gasteiger partial charge in [0, 0.05) is 31.7 Å². The minimum atomic E-state index is -3.59. The number of ether oxygens (including phenoxy) is 1. The summed E-state index contributed by atoms with van der Waals surface area (Å²) in [5, 5.41) is 0. The number of sulfonamides is 1. The highest BCUT2D eigenvalue weighted by molar-refractivity contribution is 7.89. The van der Waals surface area contributed by atoms with E-state index in [9.17, 15) is 13.2 Å². The van der Waals surface area contributed by atoms with Crippen LogP contribution in [-0.2, 0) is 14.8 Å². The predicted octanol–water partition coefficient (Wildman–Crippen LogP) is 2.89. The van der Waals surface area contributed by atoms with Crippen molar-refractivity contribution in [2.45, 2.75) is 49.8 Å². The molecule has 0 N–H and O–H groups in total. The molecule has 6 nitrogen and oxygen atoms in total. The van der Waals surface area contributed by atoms with Gasteiger partial charge in [-0.2, -0.15) is 4.31 Å². The molecule has 1 aromatic rings. The number of carbonyl (C=O) groups excluding carboxylic acids is 1. The lowest BCUT2D eigenvalue weighted by Gasteiger charge is -2.44. The second kappa shape index (κ2) is 8.13. The van der Waals surface area contributed by atoms with E-state index in [2.05, 4.69) is 0 Å². The Kier molecular flexibility index (Phi) is 5.76. The van der Waals surface area contributed by atoms with Crippen LogP contribution in [0.4, 0.5) is 0 Å². The second-order valence-electron chi connectivity index (χ2n) is 8.40. The first kappa shape index (κ1) is 19.9. The van der Waals surface area contributed by atoms with Gasteiger partial charge in [-0.3, -0.25) is 4.79 Å². The van der Waals surface area contributed by atoms with E-state index >= 15 is 0 Å². The van der Waals surface area contributed by atoms with E-state index < -0.39 is 10.0 Å². The number of carbonyl (C=O) groups is 1. The number of benzene rings is 1. The van der Waals surface area contributed by atoms with E-state index in [-0.39, 0.29) is 10.8 Å². The number of morpholine rings is 1. The standard InChI is InChI=1S/C21H30N2O4S/c24-20(22-11-9-21(10-12-22)7-2-1-3-8-21)18-5-4-6-19(17-18)28(25,26)23-13-15-27-16-14-23/h4-6,17H,1-3,7-16H2. The molecule has 4 rings (SSSR count). The van der Waals surface area contributed by atoms with Gasteiger partial charge < -0.3 is 9.64 Å². The van der Waals surface area contributed by atoms with Crippen molar-refractivity contribution in [1.29, 1.82) is 0 Å². The normalized spacial score (nSPS) is 23.6. The van der Waals surface area contributed by atoms with Crippen LogP contribution in [0.3, 0.4) is 0 Å². The van der Waals surface area contributed by atoms with E-state index in [1.807, 2.05) is 4.90 Å². The van der Waals surface area contributed by atoms with E-state index in [0.29, 0.717) is 37.3 Å². The molecule has 2 heterocycles. The van der Waals surface area contributed by atoms with E-state index in [1.54, 1.807) is 18.2 Å². The van der Waals surface area contributed by atoms with E-state index in [4.69, 9.17) is 4.74 Å². The molecule has 0 radical (unpaired) electrons. The Morgan fingerprint density at radius 2 is 1.61 bits per heavy atom. The summed E-state index contributed by atoms with van der Waals surface area (Å²) in [4.78, 5) is 15.1. The van der Waals surface area contributed by atoms with Gasteiger partial charge in [0.15, 0.2) is 0 Å². The fourth-order valence-corrected chi connectivity index (χ4v) is 6.35. The van der Waals surface area contributed by atoms with E-state index in [0.717, 1.165) is 25.9 Å². The third kappa shape index (κ3) is 3.98. The van der Waals surface area contributed by atoms with Crippen LogP contribution in [0.15, 0.2) is 29.2 Å². The third-order valence-electron chi connectivity index (χ3n) is 6.71. The molecule has 1 amide bonds. The molecule has 2 saturated heterocycles. The van der Waals surface area contributed by atoms with Gasteiger partial charge in [0.1, 0.15) is 0 Å². The monoisotopic (exact) mass is 406 g/mol. The molecule has 3 aliphatic rings. The van der Waals surface area contributed by atoms with Crippen LogP contribution in [0.1, 0.15) is 55.3 Å². The number of rotatable bonds is 3. The number of hydrogen-bond donors (Lipinski definition) is 0. The number of hydrogen-bond acceptors (Lipinski definition) is 4. The van der Waals surface area contributed by atoms with Crippen molar-refractivity contribution in [3.63, 3.8) is 0 Å². The molecular formula is C21H30N2O4S. The Balaban J connectivity index is 1.46. The molecule has 1 aromatic carbocycles. The van der Waals surface area contributed by atoms with Gasteiger partial charge in [-0.15, -0.1) is 0 Å². The van der Waals surface area contributed by atoms with Crippen LogP contribution in [0.2, 0.25) is 0 Å². The molecule has 1 aliphatic carbocycles. The Morgan fingerprint density at radius 1 is 0.929 bits per heavy atom. The Bertz CT molecular complexity index is 801. The summed E-state index contributed by atoms with van der Waals surface area (Å²) in [7, 11) is -3.59. The second-order valence-corrected chi connectivity index (χ2v) is 10.3. The Hall–Kier alpha value is -1.44. The third-order valence-corrected chi connectivity index (χ3v) is 8.61. The van der Waals surface area contributed by atoms with Gasteiger partial charge in [0.05, 0.1) is 18.1 Å². The predicted molar refractivity (Wildman–Crippen MR) is 107 cm³/mol. The summed E-state index contributed by atoms with van der Waals surface area (Å²) in [6.07, 6.45) is 8.71. The van der Waals surface area contributed by atoms with Crippen molar-refractivity contribution < 1.29 is 17.9 Å². The quantitative estimate of drug-likeness (QED) is 0.774. The minimum absolute atomic E-state index is 0.0512. The lowest BCUT2D eigenvalue weighted by atomic mass is 9.68. The van der Waals surface area contributed by atoms with Crippen molar-refractivity contribution in [3.05, 3.63) is 29.8 Å². The molecule has 1 saturated carbocycles. The summed E-state index contributed by atoms with van der Waals surface area (Å²) in [6.45, 7) is 3.09. The largest absolute Gasteiger partial charge is 0.379 e. The maximum atomic E-state index is 13.0. The van der Waals surface area contributed by atoms with E-state index in [1.165, 1.54) is 42.5 Å². The molecule has 154 valence electrons.